The Bertz CT molecular complexity index is 986. The smallest absolute Gasteiger partial charge is 0.281 e. The van der Waals surface area contributed by atoms with E-state index in [0.717, 1.165) is 40.6 Å². The Hall–Kier alpha value is -2.73. The van der Waals surface area contributed by atoms with Crippen LogP contribution in [-0.2, 0) is 12.8 Å². The molecule has 1 aliphatic rings. The van der Waals surface area contributed by atoms with E-state index in [1.807, 2.05) is 42.0 Å². The second kappa shape index (κ2) is 8.10. The largest absolute Gasteiger partial charge is 0.306 e. The third-order valence-corrected chi connectivity index (χ3v) is 6.63. The molecule has 2 heterocycles. The van der Waals surface area contributed by atoms with Crippen molar-refractivity contribution >= 4 is 23.0 Å². The Kier molecular flexibility index (Phi) is 5.39. The quantitative estimate of drug-likeness (QED) is 0.509. The lowest BCUT2D eigenvalue weighted by Crippen LogP contribution is -2.18. The molecular formula is C22H24N4OS. The predicted octanol–water partition coefficient (Wildman–Crippen LogP) is 4.60. The fourth-order valence-corrected chi connectivity index (χ4v) is 4.70. The number of benzene rings is 1. The van der Waals surface area contributed by atoms with Crippen molar-refractivity contribution in [3.8, 4) is 5.69 Å². The average molecular weight is 393 g/mol. The molecule has 1 amide bonds. The van der Waals surface area contributed by atoms with Crippen molar-refractivity contribution in [1.29, 1.82) is 0 Å². The number of fused-ring (bicyclic) bond motifs is 1. The monoisotopic (exact) mass is 392 g/mol. The minimum atomic E-state index is -0.123. The van der Waals surface area contributed by atoms with Crippen molar-refractivity contribution in [2.75, 3.05) is 0 Å². The normalized spacial score (nSPS) is 16.6. The van der Waals surface area contributed by atoms with E-state index in [4.69, 9.17) is 0 Å². The van der Waals surface area contributed by atoms with E-state index in [1.165, 1.54) is 23.3 Å². The van der Waals surface area contributed by atoms with Crippen molar-refractivity contribution in [2.45, 2.75) is 39.5 Å². The molecular weight excluding hydrogens is 368 g/mol. The minimum absolute atomic E-state index is 0.123. The number of nitrogens with zero attached hydrogens (tertiary/aromatic N) is 3. The number of rotatable bonds is 5. The maximum Gasteiger partial charge on any atom is 0.281 e. The highest BCUT2D eigenvalue weighted by molar-refractivity contribution is 7.14. The van der Waals surface area contributed by atoms with Gasteiger partial charge in [-0.3, -0.25) is 4.79 Å². The van der Waals surface area contributed by atoms with Crippen LogP contribution in [-0.4, -0.2) is 21.2 Å². The van der Waals surface area contributed by atoms with Gasteiger partial charge >= 0.3 is 0 Å². The number of imidazole rings is 1. The van der Waals surface area contributed by atoms with Crippen LogP contribution in [0.1, 0.15) is 52.4 Å². The number of aromatic nitrogens is 2. The molecule has 1 atom stereocenters. The molecule has 1 aromatic carbocycles. The summed E-state index contributed by atoms with van der Waals surface area (Å²) in [6.07, 6.45) is 10.1. The van der Waals surface area contributed by atoms with Crippen LogP contribution in [0.2, 0.25) is 0 Å². The molecule has 144 valence electrons. The first-order valence-electron chi connectivity index (χ1n) is 9.69. The molecule has 0 unspecified atom stereocenters. The van der Waals surface area contributed by atoms with Gasteiger partial charge in [-0.25, -0.2) is 10.4 Å². The second-order valence-electron chi connectivity index (χ2n) is 7.23. The van der Waals surface area contributed by atoms with Crippen LogP contribution < -0.4 is 5.43 Å². The molecule has 0 fully saturated rings. The molecule has 0 radical (unpaired) electrons. The van der Waals surface area contributed by atoms with Gasteiger partial charge in [-0.2, -0.15) is 5.10 Å². The van der Waals surface area contributed by atoms with Gasteiger partial charge in [0.25, 0.3) is 5.91 Å². The van der Waals surface area contributed by atoms with Crippen molar-refractivity contribution < 1.29 is 4.79 Å². The van der Waals surface area contributed by atoms with Crippen LogP contribution in [0.3, 0.4) is 0 Å². The molecule has 0 saturated carbocycles. The number of carbonyl (C=O) groups is 1. The zero-order valence-electron chi connectivity index (χ0n) is 16.2. The third kappa shape index (κ3) is 3.92. The second-order valence-corrected chi connectivity index (χ2v) is 8.37. The Morgan fingerprint density at radius 3 is 2.89 bits per heavy atom. The van der Waals surface area contributed by atoms with Crippen molar-refractivity contribution in [2.24, 2.45) is 11.0 Å². The number of amides is 1. The van der Waals surface area contributed by atoms with E-state index in [2.05, 4.69) is 28.5 Å². The zero-order chi connectivity index (χ0) is 19.5. The molecule has 4 rings (SSSR count). The first-order chi connectivity index (χ1) is 13.6. The van der Waals surface area contributed by atoms with Gasteiger partial charge in [-0.05, 0) is 61.4 Å². The topological polar surface area (TPSA) is 59.3 Å². The number of thiophene rings is 1. The summed E-state index contributed by atoms with van der Waals surface area (Å²) in [5.41, 5.74) is 6.85. The molecule has 0 spiro atoms. The number of hydrazone groups is 1. The van der Waals surface area contributed by atoms with Gasteiger partial charge in [-0.1, -0.05) is 25.5 Å². The van der Waals surface area contributed by atoms with E-state index in [0.29, 0.717) is 0 Å². The highest BCUT2D eigenvalue weighted by Gasteiger charge is 2.22. The Labute approximate surface area is 169 Å². The van der Waals surface area contributed by atoms with E-state index in [9.17, 15) is 4.79 Å². The average Bonchev–Trinajstić information content (AvgIpc) is 3.41. The fourth-order valence-electron chi connectivity index (χ4n) is 3.60. The summed E-state index contributed by atoms with van der Waals surface area (Å²) >= 11 is 1.61. The molecule has 6 heteroatoms. The molecule has 28 heavy (non-hydrogen) atoms. The first-order valence-corrected chi connectivity index (χ1v) is 10.5. The van der Waals surface area contributed by atoms with Crippen LogP contribution in [0.15, 0.2) is 54.2 Å². The SMILES string of the molecule is CC[C@@H]1CCc2sc(C(=O)N/N=C(/C)c3ccc(-n4ccnc4)cc3)cc2C1. The number of hydrogen-bond donors (Lipinski definition) is 1. The summed E-state index contributed by atoms with van der Waals surface area (Å²) in [6, 6.07) is 10.1. The molecule has 2 aromatic heterocycles. The summed E-state index contributed by atoms with van der Waals surface area (Å²) in [4.78, 5) is 18.7. The highest BCUT2D eigenvalue weighted by Crippen LogP contribution is 2.33. The lowest BCUT2D eigenvalue weighted by molar-refractivity contribution is 0.0959. The van der Waals surface area contributed by atoms with Crippen LogP contribution >= 0.6 is 11.3 Å². The van der Waals surface area contributed by atoms with Gasteiger partial charge in [0.2, 0.25) is 0 Å². The number of nitrogens with one attached hydrogen (secondary N) is 1. The standard InChI is InChI=1S/C22H24N4OS/c1-3-16-4-9-20-18(12-16)13-21(28-20)22(27)25-24-15(2)17-5-7-19(8-6-17)26-11-10-23-14-26/h5-8,10-11,13-14,16H,3-4,9,12H2,1-2H3,(H,25,27)/b24-15-/t16-/m1/s1. The molecule has 0 saturated heterocycles. The molecule has 3 aromatic rings. The summed E-state index contributed by atoms with van der Waals surface area (Å²) in [7, 11) is 0. The number of carbonyl (C=O) groups excluding carboxylic acids is 1. The third-order valence-electron chi connectivity index (χ3n) is 5.40. The van der Waals surface area contributed by atoms with Crippen LogP contribution in [0.5, 0.6) is 0 Å². The lowest BCUT2D eigenvalue weighted by Gasteiger charge is -2.19. The maximum absolute atomic E-state index is 12.5. The van der Waals surface area contributed by atoms with Crippen molar-refractivity contribution in [1.82, 2.24) is 15.0 Å². The first kappa shape index (κ1) is 18.6. The summed E-state index contributed by atoms with van der Waals surface area (Å²) < 4.78 is 1.94. The van der Waals surface area contributed by atoms with E-state index in [1.54, 1.807) is 23.9 Å². The molecule has 1 aliphatic carbocycles. The number of aryl methyl sites for hydroxylation is 1. The van der Waals surface area contributed by atoms with E-state index in [-0.39, 0.29) is 5.91 Å². The minimum Gasteiger partial charge on any atom is -0.306 e. The lowest BCUT2D eigenvalue weighted by atomic mass is 9.87. The van der Waals surface area contributed by atoms with Crippen LogP contribution in [0.25, 0.3) is 5.69 Å². The van der Waals surface area contributed by atoms with Gasteiger partial charge in [0.1, 0.15) is 0 Å². The van der Waals surface area contributed by atoms with Gasteiger partial charge in [-0.15, -0.1) is 11.3 Å². The fraction of sp³-hybridized carbons (Fsp3) is 0.318. The van der Waals surface area contributed by atoms with Gasteiger partial charge in [0.15, 0.2) is 0 Å². The predicted molar refractivity (Wildman–Crippen MR) is 113 cm³/mol. The zero-order valence-corrected chi connectivity index (χ0v) is 17.0. The van der Waals surface area contributed by atoms with E-state index < -0.39 is 0 Å². The highest BCUT2D eigenvalue weighted by atomic mass is 32.1. The van der Waals surface area contributed by atoms with Gasteiger partial charge in [0, 0.05) is 23.0 Å². The van der Waals surface area contributed by atoms with Crippen molar-refractivity contribution in [3.63, 3.8) is 0 Å². The Morgan fingerprint density at radius 1 is 1.36 bits per heavy atom. The summed E-state index contributed by atoms with van der Waals surface area (Å²) in [5.74, 6) is 0.630. The summed E-state index contributed by atoms with van der Waals surface area (Å²) in [5, 5.41) is 4.31. The Morgan fingerprint density at radius 2 is 2.18 bits per heavy atom. The molecule has 5 nitrogen and oxygen atoms in total. The van der Waals surface area contributed by atoms with Crippen molar-refractivity contribution in [3.05, 3.63) is 69.9 Å². The van der Waals surface area contributed by atoms with Crippen LogP contribution in [0.4, 0.5) is 0 Å². The van der Waals surface area contributed by atoms with Gasteiger partial charge in [0.05, 0.1) is 16.9 Å². The molecule has 0 aliphatic heterocycles. The summed E-state index contributed by atoms with van der Waals surface area (Å²) in [6.45, 7) is 4.15. The maximum atomic E-state index is 12.5. The Balaban J connectivity index is 1.42. The molecule has 1 N–H and O–H groups in total. The number of hydrogen-bond acceptors (Lipinski definition) is 4. The van der Waals surface area contributed by atoms with Gasteiger partial charge < -0.3 is 4.57 Å². The van der Waals surface area contributed by atoms with E-state index >= 15 is 0 Å². The molecule has 0 bridgehead atoms. The van der Waals surface area contributed by atoms with Crippen LogP contribution in [0, 0.1) is 5.92 Å².